The predicted molar refractivity (Wildman–Crippen MR) is 100 cm³/mol. The van der Waals surface area contributed by atoms with Crippen LogP contribution >= 0.6 is 0 Å². The molecule has 2 aliphatic rings. The van der Waals surface area contributed by atoms with Crippen molar-refractivity contribution in [2.75, 3.05) is 37.6 Å². The quantitative estimate of drug-likeness (QED) is 0.784. The monoisotopic (exact) mass is 314 g/mol. The Balaban J connectivity index is 1.41. The van der Waals surface area contributed by atoms with E-state index in [1.54, 1.807) is 0 Å². The molecule has 128 valence electrons. The Morgan fingerprint density at radius 1 is 1.00 bits per heavy atom. The molecule has 0 aliphatic carbocycles. The molecule has 1 aromatic rings. The number of hydrogen-bond acceptors (Lipinski definition) is 2. The van der Waals surface area contributed by atoms with Gasteiger partial charge in [-0.1, -0.05) is 26.0 Å². The first-order valence-corrected chi connectivity index (χ1v) is 9.81. The van der Waals surface area contributed by atoms with Crippen LogP contribution in [0.4, 0.5) is 5.69 Å². The number of nitrogens with zero attached hydrogens (tertiary/aromatic N) is 2. The summed E-state index contributed by atoms with van der Waals surface area (Å²) in [7, 11) is 0. The molecule has 0 saturated carbocycles. The summed E-state index contributed by atoms with van der Waals surface area (Å²) in [5, 5.41) is 0. The van der Waals surface area contributed by atoms with Crippen LogP contribution in [-0.2, 0) is 6.42 Å². The number of likely N-dealkylation sites (tertiary alicyclic amines) is 1. The Labute approximate surface area is 142 Å². The molecule has 0 amide bonds. The van der Waals surface area contributed by atoms with Crippen LogP contribution in [0.5, 0.6) is 0 Å². The van der Waals surface area contributed by atoms with Crippen molar-refractivity contribution in [2.45, 2.75) is 52.4 Å². The average molecular weight is 315 g/mol. The van der Waals surface area contributed by atoms with E-state index in [1.165, 1.54) is 76.1 Å². The van der Waals surface area contributed by atoms with Crippen LogP contribution in [0.2, 0.25) is 0 Å². The van der Waals surface area contributed by atoms with Gasteiger partial charge in [-0.3, -0.25) is 0 Å². The number of benzene rings is 1. The fourth-order valence-corrected chi connectivity index (χ4v) is 4.10. The summed E-state index contributed by atoms with van der Waals surface area (Å²) in [6.45, 7) is 11.1. The van der Waals surface area contributed by atoms with E-state index in [-0.39, 0.29) is 0 Å². The maximum atomic E-state index is 2.71. The van der Waals surface area contributed by atoms with Crippen LogP contribution < -0.4 is 4.90 Å². The SMILES string of the molecule is CCc1cccc(N2CCC(CCN3CCC(C)CC3)CC2)c1. The largest absolute Gasteiger partial charge is 0.372 e. The van der Waals surface area contributed by atoms with E-state index in [1.807, 2.05) is 0 Å². The summed E-state index contributed by atoms with van der Waals surface area (Å²) >= 11 is 0. The molecule has 2 aliphatic heterocycles. The maximum Gasteiger partial charge on any atom is 0.0368 e. The molecular weight excluding hydrogens is 280 g/mol. The molecule has 0 N–H and O–H groups in total. The minimum atomic E-state index is 0.944. The Kier molecular flexibility index (Phi) is 5.99. The van der Waals surface area contributed by atoms with E-state index < -0.39 is 0 Å². The number of aryl methyl sites for hydroxylation is 1. The van der Waals surface area contributed by atoms with Crippen molar-refractivity contribution in [3.8, 4) is 0 Å². The molecule has 2 heterocycles. The van der Waals surface area contributed by atoms with E-state index in [9.17, 15) is 0 Å². The van der Waals surface area contributed by atoms with Gasteiger partial charge in [0.2, 0.25) is 0 Å². The molecule has 2 nitrogen and oxygen atoms in total. The first-order chi connectivity index (χ1) is 11.2. The summed E-state index contributed by atoms with van der Waals surface area (Å²) in [6, 6.07) is 9.14. The van der Waals surface area contributed by atoms with E-state index in [0.29, 0.717) is 0 Å². The number of hydrogen-bond donors (Lipinski definition) is 0. The molecule has 0 spiro atoms. The second-order valence-electron chi connectivity index (χ2n) is 7.77. The van der Waals surface area contributed by atoms with Crippen LogP contribution in [-0.4, -0.2) is 37.6 Å². The minimum absolute atomic E-state index is 0.944. The second-order valence-corrected chi connectivity index (χ2v) is 7.77. The highest BCUT2D eigenvalue weighted by atomic mass is 15.1. The van der Waals surface area contributed by atoms with Crippen molar-refractivity contribution in [1.29, 1.82) is 0 Å². The van der Waals surface area contributed by atoms with Crippen LogP contribution in [0.15, 0.2) is 24.3 Å². The number of rotatable bonds is 5. The van der Waals surface area contributed by atoms with Gasteiger partial charge in [-0.25, -0.2) is 0 Å². The normalized spacial score (nSPS) is 21.7. The zero-order valence-electron chi connectivity index (χ0n) is 15.1. The highest BCUT2D eigenvalue weighted by Crippen LogP contribution is 2.26. The van der Waals surface area contributed by atoms with E-state index in [4.69, 9.17) is 0 Å². The Morgan fingerprint density at radius 2 is 1.74 bits per heavy atom. The second kappa shape index (κ2) is 8.19. The molecule has 3 rings (SSSR count). The lowest BCUT2D eigenvalue weighted by Crippen LogP contribution is -2.37. The van der Waals surface area contributed by atoms with E-state index in [2.05, 4.69) is 47.9 Å². The maximum absolute atomic E-state index is 2.71. The van der Waals surface area contributed by atoms with Gasteiger partial charge in [0.25, 0.3) is 0 Å². The molecule has 0 atom stereocenters. The van der Waals surface area contributed by atoms with Gasteiger partial charge >= 0.3 is 0 Å². The first kappa shape index (κ1) is 16.8. The van der Waals surface area contributed by atoms with Gasteiger partial charge in [0, 0.05) is 18.8 Å². The van der Waals surface area contributed by atoms with Crippen LogP contribution in [0.3, 0.4) is 0 Å². The molecule has 2 fully saturated rings. The van der Waals surface area contributed by atoms with Crippen LogP contribution in [0.25, 0.3) is 0 Å². The van der Waals surface area contributed by atoms with Crippen molar-refractivity contribution in [3.05, 3.63) is 29.8 Å². The third kappa shape index (κ3) is 4.73. The van der Waals surface area contributed by atoms with Crippen LogP contribution in [0.1, 0.15) is 51.5 Å². The molecule has 0 aromatic heterocycles. The van der Waals surface area contributed by atoms with Gasteiger partial charge in [-0.15, -0.1) is 0 Å². The Bertz CT molecular complexity index is 468. The fourth-order valence-electron chi connectivity index (χ4n) is 4.10. The molecule has 2 heteroatoms. The molecule has 0 unspecified atom stereocenters. The van der Waals surface area contributed by atoms with E-state index >= 15 is 0 Å². The van der Waals surface area contributed by atoms with Gasteiger partial charge in [0.05, 0.1) is 0 Å². The molecule has 2 saturated heterocycles. The lowest BCUT2D eigenvalue weighted by atomic mass is 9.92. The summed E-state index contributed by atoms with van der Waals surface area (Å²) in [6.07, 6.45) is 8.12. The number of piperidine rings is 2. The lowest BCUT2D eigenvalue weighted by molar-refractivity contribution is 0.176. The predicted octanol–water partition coefficient (Wildman–Crippen LogP) is 4.59. The molecular formula is C21H34N2. The van der Waals surface area contributed by atoms with E-state index in [0.717, 1.165) is 18.3 Å². The zero-order valence-corrected chi connectivity index (χ0v) is 15.1. The lowest BCUT2D eigenvalue weighted by Gasteiger charge is -2.36. The summed E-state index contributed by atoms with van der Waals surface area (Å²) in [5.74, 6) is 1.90. The van der Waals surface area contributed by atoms with Crippen LogP contribution in [0, 0.1) is 11.8 Å². The van der Waals surface area contributed by atoms with Crippen molar-refractivity contribution in [3.63, 3.8) is 0 Å². The molecule has 23 heavy (non-hydrogen) atoms. The molecule has 0 radical (unpaired) electrons. The van der Waals surface area contributed by atoms with Gasteiger partial charge < -0.3 is 9.80 Å². The van der Waals surface area contributed by atoms with Crippen molar-refractivity contribution in [1.82, 2.24) is 4.90 Å². The van der Waals surface area contributed by atoms with Gasteiger partial charge in [0.15, 0.2) is 0 Å². The summed E-state index contributed by atoms with van der Waals surface area (Å²) in [5.41, 5.74) is 2.90. The third-order valence-corrected chi connectivity index (χ3v) is 6.03. The fraction of sp³-hybridized carbons (Fsp3) is 0.714. The van der Waals surface area contributed by atoms with Gasteiger partial charge in [-0.2, -0.15) is 0 Å². The van der Waals surface area contributed by atoms with Gasteiger partial charge in [-0.05, 0) is 87.7 Å². The van der Waals surface area contributed by atoms with Crippen molar-refractivity contribution >= 4 is 5.69 Å². The Morgan fingerprint density at radius 3 is 2.43 bits per heavy atom. The highest BCUT2D eigenvalue weighted by Gasteiger charge is 2.21. The molecule has 0 bridgehead atoms. The average Bonchev–Trinajstić information content (AvgIpc) is 2.62. The minimum Gasteiger partial charge on any atom is -0.372 e. The Hall–Kier alpha value is -1.02. The van der Waals surface area contributed by atoms with Gasteiger partial charge in [0.1, 0.15) is 0 Å². The standard InChI is InChI=1S/C21H34N2/c1-3-19-5-4-6-21(17-19)23-15-10-20(11-16-23)9-14-22-12-7-18(2)8-13-22/h4-6,17-18,20H,3,7-16H2,1-2H3. The smallest absolute Gasteiger partial charge is 0.0368 e. The van der Waals surface area contributed by atoms with Crippen molar-refractivity contribution < 1.29 is 0 Å². The molecule has 1 aromatic carbocycles. The topological polar surface area (TPSA) is 6.48 Å². The third-order valence-electron chi connectivity index (χ3n) is 6.03. The summed E-state index contributed by atoms with van der Waals surface area (Å²) < 4.78 is 0. The zero-order chi connectivity index (χ0) is 16.1. The first-order valence-electron chi connectivity index (χ1n) is 9.81. The number of anilines is 1. The van der Waals surface area contributed by atoms with Crippen molar-refractivity contribution in [2.24, 2.45) is 11.8 Å². The summed E-state index contributed by atoms with van der Waals surface area (Å²) in [4.78, 5) is 5.30. The highest BCUT2D eigenvalue weighted by molar-refractivity contribution is 5.48.